The molecule has 0 saturated carbocycles. The van der Waals surface area contributed by atoms with Crippen LogP contribution in [-0.4, -0.2) is 31.8 Å². The molecule has 1 saturated heterocycles. The van der Waals surface area contributed by atoms with Gasteiger partial charge in [-0.3, -0.25) is 4.98 Å². The summed E-state index contributed by atoms with van der Waals surface area (Å²) in [4.78, 5) is 6.80. The third-order valence-electron chi connectivity index (χ3n) is 4.11. The van der Waals surface area contributed by atoms with Crippen molar-refractivity contribution in [3.8, 4) is 0 Å². The minimum absolute atomic E-state index is 0.672. The predicted octanol–water partition coefficient (Wildman–Crippen LogP) is 2.68. The number of para-hydroxylation sites is 1. The molecule has 0 spiro atoms. The molecule has 0 amide bonds. The third kappa shape index (κ3) is 2.43. The quantitative estimate of drug-likeness (QED) is 0.932. The van der Waals surface area contributed by atoms with Gasteiger partial charge in [-0.15, -0.1) is 0 Å². The largest absolute Gasteiger partial charge is 0.396 e. The summed E-state index contributed by atoms with van der Waals surface area (Å²) in [6.07, 6.45) is 4.09. The normalized spacial score (nSPS) is 16.8. The van der Waals surface area contributed by atoms with Crippen molar-refractivity contribution in [1.82, 2.24) is 4.98 Å². The first-order valence-electron chi connectivity index (χ1n) is 7.16. The van der Waals surface area contributed by atoms with Gasteiger partial charge in [0.2, 0.25) is 0 Å². The molecule has 4 heteroatoms. The van der Waals surface area contributed by atoms with E-state index in [0.717, 1.165) is 54.8 Å². The van der Waals surface area contributed by atoms with Crippen molar-refractivity contribution in [2.24, 2.45) is 5.92 Å². The molecule has 1 fully saturated rings. The maximum Gasteiger partial charge on any atom is 0.0745 e. The van der Waals surface area contributed by atoms with Crippen molar-refractivity contribution >= 4 is 22.3 Å². The van der Waals surface area contributed by atoms with Crippen LogP contribution in [0.4, 0.5) is 11.4 Å². The molecule has 0 bridgehead atoms. The van der Waals surface area contributed by atoms with Gasteiger partial charge in [-0.2, -0.15) is 0 Å². The Morgan fingerprint density at radius 1 is 1.30 bits per heavy atom. The number of fused-ring (bicyclic) bond motifs is 1. The van der Waals surface area contributed by atoms with Crippen LogP contribution in [0.15, 0.2) is 30.5 Å². The number of nitrogens with two attached hydrogens (primary N) is 1. The summed E-state index contributed by atoms with van der Waals surface area (Å²) in [5.41, 5.74) is 9.11. The highest BCUT2D eigenvalue weighted by Crippen LogP contribution is 2.34. The number of aromatic nitrogens is 1. The van der Waals surface area contributed by atoms with E-state index in [0.29, 0.717) is 5.92 Å². The first-order chi connectivity index (χ1) is 9.79. The number of hydrogen-bond acceptors (Lipinski definition) is 4. The van der Waals surface area contributed by atoms with E-state index in [1.165, 1.54) is 0 Å². The Morgan fingerprint density at radius 3 is 2.80 bits per heavy atom. The van der Waals surface area contributed by atoms with Gasteiger partial charge in [-0.1, -0.05) is 18.2 Å². The average molecular weight is 271 g/mol. The molecular formula is C16H21N3O. The van der Waals surface area contributed by atoms with Crippen molar-refractivity contribution in [3.63, 3.8) is 0 Å². The van der Waals surface area contributed by atoms with Gasteiger partial charge in [0.05, 0.1) is 23.1 Å². The van der Waals surface area contributed by atoms with E-state index >= 15 is 0 Å². The molecule has 0 atom stereocenters. The SMILES string of the molecule is COCC1CCN(c2c(N)cnc3ccccc23)CC1. The number of nitrogens with zero attached hydrogens (tertiary/aromatic N) is 2. The van der Waals surface area contributed by atoms with Crippen molar-refractivity contribution in [2.45, 2.75) is 12.8 Å². The maximum atomic E-state index is 6.18. The van der Waals surface area contributed by atoms with Gasteiger partial charge in [0.25, 0.3) is 0 Å². The molecule has 20 heavy (non-hydrogen) atoms. The maximum absolute atomic E-state index is 6.18. The fraction of sp³-hybridized carbons (Fsp3) is 0.438. The Balaban J connectivity index is 1.89. The number of hydrogen-bond donors (Lipinski definition) is 1. The molecule has 2 N–H and O–H groups in total. The summed E-state index contributed by atoms with van der Waals surface area (Å²) in [6.45, 7) is 2.93. The van der Waals surface area contributed by atoms with Crippen LogP contribution in [0.25, 0.3) is 10.9 Å². The monoisotopic (exact) mass is 271 g/mol. The lowest BCUT2D eigenvalue weighted by molar-refractivity contribution is 0.139. The predicted molar refractivity (Wildman–Crippen MR) is 83.0 cm³/mol. The molecule has 1 aliphatic rings. The average Bonchev–Trinajstić information content (AvgIpc) is 2.49. The highest BCUT2D eigenvalue weighted by Gasteiger charge is 2.22. The lowest BCUT2D eigenvalue weighted by Crippen LogP contribution is -2.35. The number of benzene rings is 1. The van der Waals surface area contributed by atoms with E-state index in [2.05, 4.69) is 16.0 Å². The zero-order valence-electron chi connectivity index (χ0n) is 11.9. The van der Waals surface area contributed by atoms with E-state index in [9.17, 15) is 0 Å². The Labute approximate surface area is 119 Å². The van der Waals surface area contributed by atoms with Crippen LogP contribution in [0, 0.1) is 5.92 Å². The molecule has 0 unspecified atom stereocenters. The van der Waals surface area contributed by atoms with Crippen LogP contribution in [0.2, 0.25) is 0 Å². The summed E-state index contributed by atoms with van der Waals surface area (Å²) in [5, 5.41) is 1.15. The van der Waals surface area contributed by atoms with Gasteiger partial charge in [0, 0.05) is 32.2 Å². The van der Waals surface area contributed by atoms with Crippen LogP contribution in [-0.2, 0) is 4.74 Å². The molecule has 1 aliphatic heterocycles. The molecule has 1 aromatic carbocycles. The molecule has 0 radical (unpaired) electrons. The van der Waals surface area contributed by atoms with E-state index in [1.54, 1.807) is 13.3 Å². The highest BCUT2D eigenvalue weighted by molar-refractivity contribution is 5.97. The van der Waals surface area contributed by atoms with Crippen molar-refractivity contribution in [3.05, 3.63) is 30.5 Å². The Bertz CT molecular complexity index is 591. The topological polar surface area (TPSA) is 51.4 Å². The van der Waals surface area contributed by atoms with Crippen LogP contribution < -0.4 is 10.6 Å². The van der Waals surface area contributed by atoms with E-state index in [-0.39, 0.29) is 0 Å². The molecule has 106 valence electrons. The van der Waals surface area contributed by atoms with Gasteiger partial charge in [-0.25, -0.2) is 0 Å². The van der Waals surface area contributed by atoms with Crippen LogP contribution in [0.5, 0.6) is 0 Å². The van der Waals surface area contributed by atoms with Crippen molar-refractivity contribution in [1.29, 1.82) is 0 Å². The fourth-order valence-corrected chi connectivity index (χ4v) is 3.05. The van der Waals surface area contributed by atoms with E-state index in [1.807, 2.05) is 18.2 Å². The third-order valence-corrected chi connectivity index (χ3v) is 4.11. The summed E-state index contributed by atoms with van der Waals surface area (Å²) in [6, 6.07) is 8.20. The molecule has 2 aromatic rings. The number of anilines is 2. The van der Waals surface area contributed by atoms with Crippen LogP contribution in [0.1, 0.15) is 12.8 Å². The molecule has 0 aliphatic carbocycles. The number of nitrogen functional groups attached to an aromatic ring is 1. The van der Waals surface area contributed by atoms with Gasteiger partial charge in [0.1, 0.15) is 0 Å². The molecule has 1 aromatic heterocycles. The van der Waals surface area contributed by atoms with E-state index < -0.39 is 0 Å². The van der Waals surface area contributed by atoms with Gasteiger partial charge in [0.15, 0.2) is 0 Å². The minimum atomic E-state index is 0.672. The number of piperidine rings is 1. The van der Waals surface area contributed by atoms with Gasteiger partial charge >= 0.3 is 0 Å². The summed E-state index contributed by atoms with van der Waals surface area (Å²) < 4.78 is 5.26. The number of rotatable bonds is 3. The summed E-state index contributed by atoms with van der Waals surface area (Å²) in [5.74, 6) is 0.672. The zero-order chi connectivity index (χ0) is 13.9. The number of ether oxygens (including phenoxy) is 1. The van der Waals surface area contributed by atoms with Crippen LogP contribution >= 0.6 is 0 Å². The van der Waals surface area contributed by atoms with E-state index in [4.69, 9.17) is 10.5 Å². The minimum Gasteiger partial charge on any atom is -0.396 e. The smallest absolute Gasteiger partial charge is 0.0745 e. The lowest BCUT2D eigenvalue weighted by Gasteiger charge is -2.34. The second-order valence-electron chi connectivity index (χ2n) is 5.47. The zero-order valence-corrected chi connectivity index (χ0v) is 11.9. The second-order valence-corrected chi connectivity index (χ2v) is 5.47. The highest BCUT2D eigenvalue weighted by atomic mass is 16.5. The second kappa shape index (κ2) is 5.67. The first kappa shape index (κ1) is 13.2. The van der Waals surface area contributed by atoms with Gasteiger partial charge in [-0.05, 0) is 24.8 Å². The Hall–Kier alpha value is -1.81. The summed E-state index contributed by atoms with van der Waals surface area (Å²) in [7, 11) is 1.78. The molecule has 2 heterocycles. The molecule has 4 nitrogen and oxygen atoms in total. The van der Waals surface area contributed by atoms with Gasteiger partial charge < -0.3 is 15.4 Å². The molecular weight excluding hydrogens is 250 g/mol. The van der Waals surface area contributed by atoms with Crippen molar-refractivity contribution in [2.75, 3.05) is 37.4 Å². The Morgan fingerprint density at radius 2 is 2.05 bits per heavy atom. The fourth-order valence-electron chi connectivity index (χ4n) is 3.05. The molecule has 3 rings (SSSR count). The van der Waals surface area contributed by atoms with Crippen molar-refractivity contribution < 1.29 is 4.74 Å². The standard InChI is InChI=1S/C16H21N3O/c1-20-11-12-6-8-19(9-7-12)16-13-4-2-3-5-15(13)18-10-14(16)17/h2-5,10,12H,6-9,11,17H2,1H3. The number of methoxy groups -OCH3 is 1. The first-order valence-corrected chi connectivity index (χ1v) is 7.16. The van der Waals surface area contributed by atoms with Crippen LogP contribution in [0.3, 0.4) is 0 Å². The summed E-state index contributed by atoms with van der Waals surface area (Å²) >= 11 is 0. The lowest BCUT2D eigenvalue weighted by atomic mass is 9.97. The number of pyridine rings is 1. The Kier molecular flexibility index (Phi) is 3.74.